The lowest BCUT2D eigenvalue weighted by Crippen LogP contribution is -2.46. The molecule has 1 saturated heterocycles. The number of pyridine rings is 1. The number of hydrogen-bond donors (Lipinski definition) is 1. The number of fused-ring (bicyclic) bond motifs is 3. The average Bonchev–Trinajstić information content (AvgIpc) is 3.74. The fourth-order valence-corrected chi connectivity index (χ4v) is 9.91. The highest BCUT2D eigenvalue weighted by molar-refractivity contribution is 7.18. The Hall–Kier alpha value is -4.23. The van der Waals surface area contributed by atoms with Crippen LogP contribution in [0.1, 0.15) is 63.3 Å². The van der Waals surface area contributed by atoms with Gasteiger partial charge in [0, 0.05) is 44.7 Å². The molecular weight excluding hydrogens is 709 g/mol. The largest absolute Gasteiger partial charge is 0.491 e. The number of ether oxygens (including phenoxy) is 1. The summed E-state index contributed by atoms with van der Waals surface area (Å²) in [6.45, 7) is 6.12. The van der Waals surface area contributed by atoms with Crippen LogP contribution in [0.5, 0.6) is 5.75 Å². The fourth-order valence-electron chi connectivity index (χ4n) is 7.56. The van der Waals surface area contributed by atoms with E-state index in [2.05, 4.69) is 9.88 Å². The topological polar surface area (TPSA) is 110 Å². The van der Waals surface area contributed by atoms with Gasteiger partial charge in [0.25, 0.3) is 5.56 Å². The zero-order valence-corrected chi connectivity index (χ0v) is 30.5. The van der Waals surface area contributed by atoms with Crippen LogP contribution >= 0.6 is 34.3 Å². The fraction of sp³-hybridized carbons (Fsp3) is 0.342. The van der Waals surface area contributed by atoms with Crippen LogP contribution in [0.3, 0.4) is 0 Å². The minimum Gasteiger partial charge on any atom is -0.491 e. The summed E-state index contributed by atoms with van der Waals surface area (Å²) in [6, 6.07) is 12.4. The Balaban J connectivity index is 0.966. The molecule has 13 heteroatoms. The van der Waals surface area contributed by atoms with E-state index in [-0.39, 0.29) is 29.6 Å². The first-order valence-corrected chi connectivity index (χ1v) is 19.1. The van der Waals surface area contributed by atoms with E-state index in [4.69, 9.17) is 26.3 Å². The number of thiophene rings is 1. The van der Waals surface area contributed by atoms with Crippen molar-refractivity contribution in [2.24, 2.45) is 0 Å². The van der Waals surface area contributed by atoms with Gasteiger partial charge in [-0.3, -0.25) is 19.2 Å². The van der Waals surface area contributed by atoms with Crippen molar-refractivity contribution in [3.63, 3.8) is 0 Å². The summed E-state index contributed by atoms with van der Waals surface area (Å²) < 4.78 is 23.4. The summed E-state index contributed by atoms with van der Waals surface area (Å²) in [7, 11) is 0. The highest BCUT2D eigenvalue weighted by Gasteiger charge is 2.32. The number of aromatic nitrogens is 4. The van der Waals surface area contributed by atoms with Crippen LogP contribution < -0.4 is 10.3 Å². The lowest BCUT2D eigenvalue weighted by molar-refractivity contribution is 0.0699. The third-order valence-corrected chi connectivity index (χ3v) is 12.6. The van der Waals surface area contributed by atoms with Crippen molar-refractivity contribution >= 4 is 60.7 Å². The van der Waals surface area contributed by atoms with Gasteiger partial charge >= 0.3 is 5.97 Å². The van der Waals surface area contributed by atoms with Crippen molar-refractivity contribution in [1.82, 2.24) is 24.4 Å². The van der Waals surface area contributed by atoms with Crippen LogP contribution in [0, 0.1) is 19.7 Å². The van der Waals surface area contributed by atoms with Gasteiger partial charge < -0.3 is 9.84 Å². The molecule has 0 amide bonds. The lowest BCUT2D eigenvalue weighted by atomic mass is 9.88. The summed E-state index contributed by atoms with van der Waals surface area (Å²) >= 11 is 9.36. The number of rotatable bonds is 8. The third kappa shape index (κ3) is 6.54. The summed E-state index contributed by atoms with van der Waals surface area (Å²) in [5, 5.41) is 12.9. The van der Waals surface area contributed by atoms with Gasteiger partial charge in [-0.05, 0) is 102 Å². The van der Waals surface area contributed by atoms with Gasteiger partial charge in [0.05, 0.1) is 43.2 Å². The third-order valence-electron chi connectivity index (χ3n) is 10.1. The highest BCUT2D eigenvalue weighted by atomic mass is 35.5. The number of nitrogens with zero attached hydrogens (tertiary/aromatic N) is 5. The molecule has 2 aliphatic rings. The Morgan fingerprint density at radius 3 is 2.69 bits per heavy atom. The maximum Gasteiger partial charge on any atom is 0.338 e. The van der Waals surface area contributed by atoms with Gasteiger partial charge in [-0.25, -0.2) is 19.2 Å². The Bertz CT molecular complexity index is 2380. The maximum atomic E-state index is 14.0. The van der Waals surface area contributed by atoms with Crippen LogP contribution in [0.2, 0.25) is 5.02 Å². The summed E-state index contributed by atoms with van der Waals surface area (Å²) in [5.74, 6) is 0.353. The first-order chi connectivity index (χ1) is 24.6. The van der Waals surface area contributed by atoms with Gasteiger partial charge in [-0.2, -0.15) is 0 Å². The molecule has 51 heavy (non-hydrogen) atoms. The molecule has 1 fully saturated rings. The Kier molecular flexibility index (Phi) is 9.12. The normalized spacial score (nSPS) is 16.9. The summed E-state index contributed by atoms with van der Waals surface area (Å²) in [4.78, 5) is 42.5. The second kappa shape index (κ2) is 13.7. The number of carboxylic acid groups (broad SMARTS) is 1. The van der Waals surface area contributed by atoms with E-state index < -0.39 is 5.97 Å². The predicted octanol–water partition coefficient (Wildman–Crippen LogP) is 8.05. The molecule has 0 unspecified atom stereocenters. The molecule has 2 aromatic carbocycles. The van der Waals surface area contributed by atoms with Gasteiger partial charge in [0.15, 0.2) is 0 Å². The number of aromatic carboxylic acids is 1. The highest BCUT2D eigenvalue weighted by Crippen LogP contribution is 2.41. The molecule has 8 rings (SSSR count). The molecule has 5 heterocycles. The number of benzene rings is 2. The smallest absolute Gasteiger partial charge is 0.338 e. The first kappa shape index (κ1) is 33.9. The maximum absolute atomic E-state index is 14.0. The lowest BCUT2D eigenvalue weighted by Gasteiger charge is -2.39. The standard InChI is InChI=1S/C38H35ClFN5O4S2/c1-20-15-27(35-34(41-20)29(19-50-35)38(47)48)26-16-23(39)3-8-32(26)49-14-13-45-21(2)42-30-7-5-25(18-28(30)37(45)46)44-11-9-22(10-12-44)36-43-31-6-4-24(40)17-33(31)51-36/h3-4,6,8,15-17,19,22,25H,5,7,9-14,18H2,1-2H3,(H,47,48)/t25-/m0/s1. The number of likely N-dealkylation sites (tertiary alicyclic amines) is 1. The van der Waals surface area contributed by atoms with Crippen LogP contribution in [-0.4, -0.2) is 61.2 Å². The van der Waals surface area contributed by atoms with E-state index in [1.807, 2.05) is 26.0 Å². The average molecular weight is 744 g/mol. The number of hydrogen-bond acceptors (Lipinski definition) is 9. The molecule has 1 aliphatic heterocycles. The number of carbonyl (C=O) groups is 1. The predicted molar refractivity (Wildman–Crippen MR) is 199 cm³/mol. The van der Waals surface area contributed by atoms with Crippen LogP contribution in [0.15, 0.2) is 52.6 Å². The van der Waals surface area contributed by atoms with Crippen LogP contribution in [0.4, 0.5) is 4.39 Å². The molecule has 1 N–H and O–H groups in total. The van der Waals surface area contributed by atoms with Crippen molar-refractivity contribution in [2.45, 2.75) is 64.5 Å². The minimum atomic E-state index is -1.02. The molecule has 0 radical (unpaired) electrons. The van der Waals surface area contributed by atoms with Gasteiger partial charge in [0.1, 0.15) is 24.0 Å². The molecule has 9 nitrogen and oxygen atoms in total. The second-order valence-electron chi connectivity index (χ2n) is 13.3. The minimum absolute atomic E-state index is 0.00928. The SMILES string of the molecule is Cc1cc(-c2cc(Cl)ccc2OCCn2c(C)nc3c(c2=O)C[C@@H](N2CCC(c4nc5ccc(F)cc5s4)CC2)CC3)c2scc(C(=O)O)c2n1. The zero-order chi connectivity index (χ0) is 35.4. The first-order valence-electron chi connectivity index (χ1n) is 17.1. The molecule has 0 bridgehead atoms. The van der Waals surface area contributed by atoms with E-state index in [0.29, 0.717) is 46.7 Å². The molecular formula is C38H35ClFN5O4S2. The molecule has 6 aromatic rings. The van der Waals surface area contributed by atoms with Crippen molar-refractivity contribution in [3.8, 4) is 16.9 Å². The molecule has 1 aliphatic carbocycles. The van der Waals surface area contributed by atoms with E-state index in [1.54, 1.807) is 45.5 Å². The summed E-state index contributed by atoms with van der Waals surface area (Å²) in [6.07, 6.45) is 4.40. The van der Waals surface area contributed by atoms with E-state index >= 15 is 0 Å². The number of carboxylic acids is 1. The molecule has 4 aromatic heterocycles. The number of thiazole rings is 1. The second-order valence-corrected chi connectivity index (χ2v) is 15.7. The van der Waals surface area contributed by atoms with Crippen LogP contribution in [-0.2, 0) is 19.4 Å². The van der Waals surface area contributed by atoms with E-state index in [9.17, 15) is 19.1 Å². The Morgan fingerprint density at radius 1 is 1.06 bits per heavy atom. The van der Waals surface area contributed by atoms with E-state index in [0.717, 1.165) is 81.1 Å². The molecule has 262 valence electrons. The molecule has 0 spiro atoms. The monoisotopic (exact) mass is 743 g/mol. The van der Waals surface area contributed by atoms with Crippen molar-refractivity contribution in [3.05, 3.63) is 102 Å². The van der Waals surface area contributed by atoms with Crippen molar-refractivity contribution in [1.29, 1.82) is 0 Å². The number of aryl methyl sites for hydroxylation is 3. The molecule has 1 atom stereocenters. The van der Waals surface area contributed by atoms with Gasteiger partial charge in [-0.1, -0.05) is 11.6 Å². The van der Waals surface area contributed by atoms with Crippen molar-refractivity contribution in [2.75, 3.05) is 19.7 Å². The van der Waals surface area contributed by atoms with E-state index in [1.165, 1.54) is 17.4 Å². The quantitative estimate of drug-likeness (QED) is 0.167. The number of halogens is 2. The van der Waals surface area contributed by atoms with Gasteiger partial charge in [0.2, 0.25) is 0 Å². The Labute approximate surface area is 306 Å². The molecule has 0 saturated carbocycles. The zero-order valence-electron chi connectivity index (χ0n) is 28.1. The Morgan fingerprint density at radius 2 is 1.88 bits per heavy atom. The van der Waals surface area contributed by atoms with Gasteiger partial charge in [-0.15, -0.1) is 22.7 Å². The summed E-state index contributed by atoms with van der Waals surface area (Å²) in [5.41, 5.74) is 5.34. The number of piperidine rings is 1. The van der Waals surface area contributed by atoms with Crippen molar-refractivity contribution < 1.29 is 19.0 Å². The van der Waals surface area contributed by atoms with Crippen LogP contribution in [0.25, 0.3) is 31.6 Å².